The summed E-state index contributed by atoms with van der Waals surface area (Å²) in [6, 6.07) is 0. The molecule has 0 saturated carbocycles. The summed E-state index contributed by atoms with van der Waals surface area (Å²) in [6.45, 7) is 2.59. The molecule has 2 rings (SSSR count). The molecule has 2 N–H and O–H groups in total. The van der Waals surface area contributed by atoms with Gasteiger partial charge in [0.1, 0.15) is 18.1 Å². The molecule has 0 bridgehead atoms. The highest BCUT2D eigenvalue weighted by Gasteiger charge is 2.05. The van der Waals surface area contributed by atoms with Crippen molar-refractivity contribution in [2.24, 2.45) is 5.92 Å². The molecule has 0 aliphatic carbocycles. The van der Waals surface area contributed by atoms with E-state index >= 15 is 0 Å². The van der Waals surface area contributed by atoms with Crippen molar-refractivity contribution in [3.8, 4) is 0 Å². The Morgan fingerprint density at radius 1 is 1.50 bits per heavy atom. The van der Waals surface area contributed by atoms with E-state index in [1.165, 1.54) is 6.33 Å². The molecule has 2 heterocycles. The molecule has 16 heavy (non-hydrogen) atoms. The zero-order valence-electron chi connectivity index (χ0n) is 8.97. The SMILES string of the molecule is CC(C=O)CCNc1ncnc2nc[nH]c12. The lowest BCUT2D eigenvalue weighted by Crippen LogP contribution is -2.09. The van der Waals surface area contributed by atoms with Crippen molar-refractivity contribution in [1.82, 2.24) is 19.9 Å². The molecule has 0 amide bonds. The van der Waals surface area contributed by atoms with E-state index in [-0.39, 0.29) is 5.92 Å². The summed E-state index contributed by atoms with van der Waals surface area (Å²) >= 11 is 0. The summed E-state index contributed by atoms with van der Waals surface area (Å²) in [7, 11) is 0. The normalized spacial score (nSPS) is 12.6. The van der Waals surface area contributed by atoms with Crippen LogP contribution in [0.2, 0.25) is 0 Å². The van der Waals surface area contributed by atoms with Crippen molar-refractivity contribution in [2.75, 3.05) is 11.9 Å². The van der Waals surface area contributed by atoms with Gasteiger partial charge in [0.2, 0.25) is 0 Å². The first kappa shape index (κ1) is 10.5. The minimum atomic E-state index is 0.0617. The van der Waals surface area contributed by atoms with Gasteiger partial charge in [0.25, 0.3) is 0 Å². The fourth-order valence-electron chi connectivity index (χ4n) is 1.39. The second-order valence-corrected chi connectivity index (χ2v) is 3.65. The zero-order chi connectivity index (χ0) is 11.4. The Kier molecular flexibility index (Phi) is 3.09. The molecule has 0 saturated heterocycles. The van der Waals surface area contributed by atoms with E-state index in [2.05, 4.69) is 25.3 Å². The highest BCUT2D eigenvalue weighted by atomic mass is 16.1. The molecule has 1 unspecified atom stereocenters. The van der Waals surface area contributed by atoms with Crippen LogP contribution in [0.5, 0.6) is 0 Å². The topological polar surface area (TPSA) is 83.6 Å². The molecule has 0 fully saturated rings. The van der Waals surface area contributed by atoms with Crippen molar-refractivity contribution in [2.45, 2.75) is 13.3 Å². The first-order valence-electron chi connectivity index (χ1n) is 5.14. The van der Waals surface area contributed by atoms with Gasteiger partial charge in [0.15, 0.2) is 11.5 Å². The number of fused-ring (bicyclic) bond motifs is 1. The third-order valence-electron chi connectivity index (χ3n) is 2.35. The van der Waals surface area contributed by atoms with Crippen LogP contribution in [-0.2, 0) is 4.79 Å². The van der Waals surface area contributed by atoms with Gasteiger partial charge in [-0.2, -0.15) is 0 Å². The molecule has 1 atom stereocenters. The van der Waals surface area contributed by atoms with Gasteiger partial charge in [-0.1, -0.05) is 6.92 Å². The van der Waals surface area contributed by atoms with Gasteiger partial charge in [-0.15, -0.1) is 0 Å². The van der Waals surface area contributed by atoms with E-state index in [1.807, 2.05) is 6.92 Å². The number of aldehydes is 1. The fourth-order valence-corrected chi connectivity index (χ4v) is 1.39. The van der Waals surface area contributed by atoms with Crippen molar-refractivity contribution >= 4 is 23.3 Å². The van der Waals surface area contributed by atoms with Gasteiger partial charge in [-0.25, -0.2) is 15.0 Å². The largest absolute Gasteiger partial charge is 0.368 e. The van der Waals surface area contributed by atoms with Crippen LogP contribution < -0.4 is 5.32 Å². The molecule has 2 aromatic rings. The Balaban J connectivity index is 2.04. The number of hydrogen-bond acceptors (Lipinski definition) is 5. The number of carbonyl (C=O) groups excluding carboxylic acids is 1. The second-order valence-electron chi connectivity index (χ2n) is 3.65. The van der Waals surface area contributed by atoms with Crippen molar-refractivity contribution < 1.29 is 4.79 Å². The van der Waals surface area contributed by atoms with Crippen LogP contribution in [0.25, 0.3) is 11.2 Å². The van der Waals surface area contributed by atoms with Gasteiger partial charge >= 0.3 is 0 Å². The van der Waals surface area contributed by atoms with E-state index in [1.54, 1.807) is 6.33 Å². The van der Waals surface area contributed by atoms with Crippen LogP contribution in [0.15, 0.2) is 12.7 Å². The lowest BCUT2D eigenvalue weighted by molar-refractivity contribution is -0.110. The Morgan fingerprint density at radius 2 is 2.38 bits per heavy atom. The van der Waals surface area contributed by atoms with E-state index in [4.69, 9.17) is 0 Å². The number of rotatable bonds is 5. The number of carbonyl (C=O) groups is 1. The molecule has 0 radical (unpaired) electrons. The standard InChI is InChI=1S/C10H13N5O/c1-7(4-16)2-3-11-9-8-10(13-5-12-8)15-6-14-9/h4-7H,2-3H2,1H3,(H2,11,12,13,14,15). The highest BCUT2D eigenvalue weighted by Crippen LogP contribution is 2.14. The predicted octanol–water partition coefficient (Wildman–Crippen LogP) is 0.990. The highest BCUT2D eigenvalue weighted by molar-refractivity contribution is 5.81. The number of nitrogens with one attached hydrogen (secondary N) is 2. The predicted molar refractivity (Wildman–Crippen MR) is 60.0 cm³/mol. The average Bonchev–Trinajstić information content (AvgIpc) is 2.77. The third-order valence-corrected chi connectivity index (χ3v) is 2.35. The van der Waals surface area contributed by atoms with Crippen LogP contribution in [0.4, 0.5) is 5.82 Å². The Bertz CT molecular complexity index is 481. The molecule has 0 spiro atoms. The number of hydrogen-bond donors (Lipinski definition) is 2. The summed E-state index contributed by atoms with van der Waals surface area (Å²) in [6.07, 6.45) is 4.78. The number of imidazole rings is 1. The number of anilines is 1. The van der Waals surface area contributed by atoms with Gasteiger partial charge in [0, 0.05) is 12.5 Å². The Labute approximate surface area is 92.5 Å². The average molecular weight is 219 g/mol. The molecule has 2 aromatic heterocycles. The summed E-state index contributed by atoms with van der Waals surface area (Å²) in [5.41, 5.74) is 1.43. The van der Waals surface area contributed by atoms with E-state index in [0.717, 1.165) is 24.0 Å². The maximum absolute atomic E-state index is 10.4. The van der Waals surface area contributed by atoms with Crippen molar-refractivity contribution in [3.63, 3.8) is 0 Å². The van der Waals surface area contributed by atoms with Gasteiger partial charge < -0.3 is 15.1 Å². The Hall–Kier alpha value is -1.98. The summed E-state index contributed by atoms with van der Waals surface area (Å²) < 4.78 is 0. The monoisotopic (exact) mass is 219 g/mol. The second kappa shape index (κ2) is 4.69. The molecule has 0 aliphatic heterocycles. The van der Waals surface area contributed by atoms with Crippen molar-refractivity contribution in [1.29, 1.82) is 0 Å². The maximum atomic E-state index is 10.4. The Morgan fingerprint density at radius 3 is 3.19 bits per heavy atom. The molecule has 6 nitrogen and oxygen atoms in total. The first-order valence-corrected chi connectivity index (χ1v) is 5.14. The minimum absolute atomic E-state index is 0.0617. The summed E-state index contributed by atoms with van der Waals surface area (Å²) in [4.78, 5) is 25.6. The lowest BCUT2D eigenvalue weighted by atomic mass is 10.1. The smallest absolute Gasteiger partial charge is 0.182 e. The molecule has 0 aliphatic rings. The van der Waals surface area contributed by atoms with E-state index < -0.39 is 0 Å². The number of H-pyrrole nitrogens is 1. The van der Waals surface area contributed by atoms with Crippen LogP contribution in [0.1, 0.15) is 13.3 Å². The third kappa shape index (κ3) is 2.16. The number of aromatic amines is 1. The van der Waals surface area contributed by atoms with Crippen molar-refractivity contribution in [3.05, 3.63) is 12.7 Å². The quantitative estimate of drug-likeness (QED) is 0.732. The number of aromatic nitrogens is 4. The summed E-state index contributed by atoms with van der Waals surface area (Å²) in [5.74, 6) is 0.784. The zero-order valence-corrected chi connectivity index (χ0v) is 8.97. The van der Waals surface area contributed by atoms with Gasteiger partial charge in [-0.3, -0.25) is 0 Å². The molecular weight excluding hydrogens is 206 g/mol. The van der Waals surface area contributed by atoms with Crippen LogP contribution in [0, 0.1) is 5.92 Å². The van der Waals surface area contributed by atoms with E-state index in [0.29, 0.717) is 12.2 Å². The van der Waals surface area contributed by atoms with E-state index in [9.17, 15) is 4.79 Å². The van der Waals surface area contributed by atoms with Crippen LogP contribution in [0.3, 0.4) is 0 Å². The number of nitrogens with zero attached hydrogens (tertiary/aromatic N) is 3. The fraction of sp³-hybridized carbons (Fsp3) is 0.400. The van der Waals surface area contributed by atoms with Gasteiger partial charge in [-0.05, 0) is 6.42 Å². The van der Waals surface area contributed by atoms with Gasteiger partial charge in [0.05, 0.1) is 6.33 Å². The van der Waals surface area contributed by atoms with Crippen LogP contribution >= 0.6 is 0 Å². The summed E-state index contributed by atoms with van der Waals surface area (Å²) in [5, 5.41) is 3.16. The molecular formula is C10H13N5O. The molecule has 0 aromatic carbocycles. The minimum Gasteiger partial charge on any atom is -0.368 e. The molecule has 84 valence electrons. The molecule has 6 heteroatoms. The lowest BCUT2D eigenvalue weighted by Gasteiger charge is -2.06. The van der Waals surface area contributed by atoms with Crippen LogP contribution in [-0.4, -0.2) is 32.8 Å². The maximum Gasteiger partial charge on any atom is 0.182 e. The first-order chi connectivity index (χ1) is 7.81.